The van der Waals surface area contributed by atoms with Crippen molar-refractivity contribution >= 4 is 5.91 Å². The van der Waals surface area contributed by atoms with E-state index in [1.807, 2.05) is 18.2 Å². The quantitative estimate of drug-likeness (QED) is 0.788. The highest BCUT2D eigenvalue weighted by molar-refractivity contribution is 5.78. The van der Waals surface area contributed by atoms with Crippen molar-refractivity contribution in [1.29, 1.82) is 0 Å². The fourth-order valence-corrected chi connectivity index (χ4v) is 1.80. The molecule has 1 aromatic rings. The third-order valence-corrected chi connectivity index (χ3v) is 2.94. The number of carbonyl (C=O) groups is 1. The average molecular weight is 234 g/mol. The van der Waals surface area contributed by atoms with Crippen molar-refractivity contribution in [3.8, 4) is 0 Å². The Morgan fingerprint density at radius 2 is 2.24 bits per heavy atom. The summed E-state index contributed by atoms with van der Waals surface area (Å²) in [5.41, 5.74) is 0.909. The molecule has 0 aliphatic heterocycles. The van der Waals surface area contributed by atoms with E-state index in [-0.39, 0.29) is 11.8 Å². The van der Waals surface area contributed by atoms with Crippen LogP contribution in [0.3, 0.4) is 0 Å². The highest BCUT2D eigenvalue weighted by Crippen LogP contribution is 2.12. The molecule has 1 amide bonds. The molecule has 0 bridgehead atoms. The number of hydrogen-bond acceptors (Lipinski definition) is 2. The van der Waals surface area contributed by atoms with Gasteiger partial charge in [0.05, 0.1) is 12.2 Å². The van der Waals surface area contributed by atoms with Crippen molar-refractivity contribution in [2.75, 3.05) is 0 Å². The van der Waals surface area contributed by atoms with Crippen molar-refractivity contribution in [3.05, 3.63) is 30.1 Å². The predicted octanol–water partition coefficient (Wildman–Crippen LogP) is 2.91. The highest BCUT2D eigenvalue weighted by atomic mass is 16.1. The van der Waals surface area contributed by atoms with E-state index in [0.717, 1.165) is 31.4 Å². The van der Waals surface area contributed by atoms with Gasteiger partial charge < -0.3 is 5.32 Å². The molecule has 0 saturated heterocycles. The Balaban J connectivity index is 2.37. The summed E-state index contributed by atoms with van der Waals surface area (Å²) in [5.74, 6) is 0.310. The Labute approximate surface area is 104 Å². The zero-order chi connectivity index (χ0) is 12.5. The van der Waals surface area contributed by atoms with Crippen LogP contribution < -0.4 is 5.32 Å². The number of hydrogen-bond donors (Lipinski definition) is 1. The predicted molar refractivity (Wildman–Crippen MR) is 69.4 cm³/mol. The molecular weight excluding hydrogens is 212 g/mol. The second-order valence-electron chi connectivity index (χ2n) is 4.29. The fraction of sp³-hybridized carbons (Fsp3) is 0.571. The van der Waals surface area contributed by atoms with Crippen LogP contribution in [-0.4, -0.2) is 10.9 Å². The number of nitrogens with one attached hydrogen (secondary N) is 1. The molecule has 0 radical (unpaired) electrons. The summed E-state index contributed by atoms with van der Waals surface area (Å²) in [6.07, 6.45) is 5.91. The molecular formula is C14H22N2O. The van der Waals surface area contributed by atoms with Crippen molar-refractivity contribution in [2.24, 2.45) is 5.92 Å². The molecule has 1 atom stereocenters. The maximum absolute atomic E-state index is 11.9. The van der Waals surface area contributed by atoms with Crippen LogP contribution in [0.5, 0.6) is 0 Å². The molecule has 1 aromatic heterocycles. The molecule has 1 N–H and O–H groups in total. The van der Waals surface area contributed by atoms with Crippen LogP contribution in [0.25, 0.3) is 0 Å². The van der Waals surface area contributed by atoms with Crippen LogP contribution in [0.2, 0.25) is 0 Å². The zero-order valence-electron chi connectivity index (χ0n) is 10.8. The summed E-state index contributed by atoms with van der Waals surface area (Å²) in [5, 5.41) is 2.96. The Hall–Kier alpha value is -1.38. The lowest BCUT2D eigenvalue weighted by molar-refractivity contribution is -0.125. The largest absolute Gasteiger partial charge is 0.350 e. The molecule has 17 heavy (non-hydrogen) atoms. The lowest BCUT2D eigenvalue weighted by Crippen LogP contribution is -2.30. The van der Waals surface area contributed by atoms with Crippen LogP contribution in [0.4, 0.5) is 0 Å². The second kappa shape index (κ2) is 7.82. The standard InChI is InChI=1S/C14H22N2O/c1-3-5-8-12(4-2)14(17)16-11-13-9-6-7-10-15-13/h6-7,9-10,12H,3-5,8,11H2,1-2H3,(H,16,17). The van der Waals surface area contributed by atoms with Gasteiger partial charge in [-0.15, -0.1) is 0 Å². The number of rotatable bonds is 7. The molecule has 0 aliphatic rings. The molecule has 0 fully saturated rings. The lowest BCUT2D eigenvalue weighted by Gasteiger charge is -2.14. The van der Waals surface area contributed by atoms with Gasteiger partial charge in [-0.05, 0) is 25.0 Å². The number of pyridine rings is 1. The summed E-state index contributed by atoms with van der Waals surface area (Å²) in [6, 6.07) is 5.73. The Bertz CT molecular complexity index is 324. The van der Waals surface area contributed by atoms with Gasteiger partial charge in [-0.1, -0.05) is 32.8 Å². The van der Waals surface area contributed by atoms with Crippen molar-refractivity contribution < 1.29 is 4.79 Å². The minimum Gasteiger partial charge on any atom is -0.350 e. The maximum Gasteiger partial charge on any atom is 0.223 e. The van der Waals surface area contributed by atoms with Crippen LogP contribution in [0.1, 0.15) is 45.2 Å². The van der Waals surface area contributed by atoms with E-state index >= 15 is 0 Å². The minimum absolute atomic E-state index is 0.152. The first kappa shape index (κ1) is 13.7. The van der Waals surface area contributed by atoms with Crippen LogP contribution in [0, 0.1) is 5.92 Å². The van der Waals surface area contributed by atoms with Gasteiger partial charge in [-0.3, -0.25) is 9.78 Å². The summed E-state index contributed by atoms with van der Waals surface area (Å²) in [7, 11) is 0. The number of carbonyl (C=O) groups excluding carboxylic acids is 1. The second-order valence-corrected chi connectivity index (χ2v) is 4.29. The minimum atomic E-state index is 0.152. The van der Waals surface area contributed by atoms with E-state index in [1.165, 1.54) is 0 Å². The monoisotopic (exact) mass is 234 g/mol. The van der Waals surface area contributed by atoms with E-state index in [4.69, 9.17) is 0 Å². The lowest BCUT2D eigenvalue weighted by atomic mass is 9.98. The number of amides is 1. The van der Waals surface area contributed by atoms with Gasteiger partial charge in [0.1, 0.15) is 0 Å². The van der Waals surface area contributed by atoms with Crippen molar-refractivity contribution in [1.82, 2.24) is 10.3 Å². The highest BCUT2D eigenvalue weighted by Gasteiger charge is 2.15. The number of unbranched alkanes of at least 4 members (excludes halogenated alkanes) is 1. The topological polar surface area (TPSA) is 42.0 Å². The van der Waals surface area contributed by atoms with Crippen molar-refractivity contribution in [3.63, 3.8) is 0 Å². The smallest absolute Gasteiger partial charge is 0.223 e. The zero-order valence-corrected chi connectivity index (χ0v) is 10.8. The van der Waals surface area contributed by atoms with Gasteiger partial charge in [0.15, 0.2) is 0 Å². The number of aromatic nitrogens is 1. The molecule has 0 saturated carbocycles. The molecule has 0 aliphatic carbocycles. The Kier molecular flexibility index (Phi) is 6.30. The van der Waals surface area contributed by atoms with Gasteiger partial charge >= 0.3 is 0 Å². The first-order valence-corrected chi connectivity index (χ1v) is 6.45. The third-order valence-electron chi connectivity index (χ3n) is 2.94. The summed E-state index contributed by atoms with van der Waals surface area (Å²) in [6.45, 7) is 4.75. The first-order valence-electron chi connectivity index (χ1n) is 6.45. The van der Waals surface area contributed by atoms with E-state index < -0.39 is 0 Å². The van der Waals surface area contributed by atoms with Crippen LogP contribution in [0.15, 0.2) is 24.4 Å². The summed E-state index contributed by atoms with van der Waals surface area (Å²) in [4.78, 5) is 16.1. The third kappa shape index (κ3) is 4.98. The Morgan fingerprint density at radius 3 is 2.82 bits per heavy atom. The van der Waals surface area contributed by atoms with Gasteiger partial charge in [0.2, 0.25) is 5.91 Å². The average Bonchev–Trinajstić information content (AvgIpc) is 2.38. The van der Waals surface area contributed by atoms with Gasteiger partial charge in [-0.2, -0.15) is 0 Å². The van der Waals surface area contributed by atoms with Crippen LogP contribution in [-0.2, 0) is 11.3 Å². The van der Waals surface area contributed by atoms with Gasteiger partial charge in [0, 0.05) is 12.1 Å². The fourth-order valence-electron chi connectivity index (χ4n) is 1.80. The number of nitrogens with zero attached hydrogens (tertiary/aromatic N) is 1. The Morgan fingerprint density at radius 1 is 1.41 bits per heavy atom. The van der Waals surface area contributed by atoms with E-state index in [1.54, 1.807) is 6.20 Å². The molecule has 0 spiro atoms. The van der Waals surface area contributed by atoms with E-state index in [2.05, 4.69) is 24.1 Å². The molecule has 1 rings (SSSR count). The molecule has 1 heterocycles. The normalized spacial score (nSPS) is 12.1. The maximum atomic E-state index is 11.9. The van der Waals surface area contributed by atoms with E-state index in [9.17, 15) is 4.79 Å². The van der Waals surface area contributed by atoms with Gasteiger partial charge in [0.25, 0.3) is 0 Å². The first-order chi connectivity index (χ1) is 8.27. The molecule has 3 heteroatoms. The van der Waals surface area contributed by atoms with Crippen molar-refractivity contribution in [2.45, 2.75) is 46.1 Å². The SMILES string of the molecule is CCCCC(CC)C(=O)NCc1ccccn1. The molecule has 3 nitrogen and oxygen atoms in total. The summed E-state index contributed by atoms with van der Waals surface area (Å²) >= 11 is 0. The van der Waals surface area contributed by atoms with E-state index in [0.29, 0.717) is 6.54 Å². The molecule has 94 valence electrons. The van der Waals surface area contributed by atoms with Crippen LogP contribution >= 0.6 is 0 Å². The summed E-state index contributed by atoms with van der Waals surface area (Å²) < 4.78 is 0. The van der Waals surface area contributed by atoms with Gasteiger partial charge in [-0.25, -0.2) is 0 Å². The molecule has 0 aromatic carbocycles. The molecule has 1 unspecified atom stereocenters.